The second kappa shape index (κ2) is 8.60. The van der Waals surface area contributed by atoms with Crippen LogP contribution in [0.5, 0.6) is 0 Å². The highest BCUT2D eigenvalue weighted by molar-refractivity contribution is 6.33. The van der Waals surface area contributed by atoms with Crippen molar-refractivity contribution in [2.45, 2.75) is 6.10 Å². The van der Waals surface area contributed by atoms with Gasteiger partial charge in [-0.2, -0.15) is 0 Å². The van der Waals surface area contributed by atoms with Gasteiger partial charge < -0.3 is 15.0 Å². The third kappa shape index (κ3) is 4.17. The van der Waals surface area contributed by atoms with E-state index >= 15 is 0 Å². The van der Waals surface area contributed by atoms with Crippen molar-refractivity contribution in [3.8, 4) is 11.4 Å². The van der Waals surface area contributed by atoms with Crippen LogP contribution in [0.15, 0.2) is 53.7 Å². The van der Waals surface area contributed by atoms with Gasteiger partial charge in [0.2, 0.25) is 5.95 Å². The molecule has 1 aliphatic heterocycles. The van der Waals surface area contributed by atoms with Gasteiger partial charge in [0, 0.05) is 25.9 Å². The second-order valence-corrected chi connectivity index (χ2v) is 7.12. The van der Waals surface area contributed by atoms with Gasteiger partial charge in [0.05, 0.1) is 35.2 Å². The lowest BCUT2D eigenvalue weighted by Crippen LogP contribution is -2.49. The molecule has 9 nitrogen and oxygen atoms in total. The van der Waals surface area contributed by atoms with Crippen LogP contribution in [-0.2, 0) is 16.6 Å². The average Bonchev–Trinajstić information content (AvgIpc) is 2.78. The van der Waals surface area contributed by atoms with E-state index in [2.05, 4.69) is 20.3 Å². The second-order valence-electron chi connectivity index (χ2n) is 6.71. The maximum Gasteiger partial charge on any atom is 0.255 e. The highest BCUT2D eigenvalue weighted by Crippen LogP contribution is 2.22. The fourth-order valence-electron chi connectivity index (χ4n) is 3.15. The molecule has 1 amide bonds. The molecule has 3 aromatic rings. The van der Waals surface area contributed by atoms with Crippen LogP contribution in [0.3, 0.4) is 0 Å². The summed E-state index contributed by atoms with van der Waals surface area (Å²) in [6.45, 7) is 1.04. The zero-order chi connectivity index (χ0) is 21.1. The Kier molecular flexibility index (Phi) is 5.73. The number of hydrogen-bond donors (Lipinski definition) is 1. The van der Waals surface area contributed by atoms with E-state index in [1.54, 1.807) is 43.6 Å². The summed E-state index contributed by atoms with van der Waals surface area (Å²) in [4.78, 5) is 39.7. The quantitative estimate of drug-likeness (QED) is 0.677. The number of benzene rings is 1. The normalized spacial score (nSPS) is 16.3. The van der Waals surface area contributed by atoms with Crippen LogP contribution in [0.2, 0.25) is 5.02 Å². The Bertz CT molecular complexity index is 1120. The number of morpholine rings is 1. The fourth-order valence-corrected chi connectivity index (χ4v) is 3.33. The van der Waals surface area contributed by atoms with Gasteiger partial charge in [-0.25, -0.2) is 15.0 Å². The molecule has 0 spiro atoms. The Hall–Kier alpha value is -3.30. The Morgan fingerprint density at radius 2 is 2.10 bits per heavy atom. The van der Waals surface area contributed by atoms with Crippen molar-refractivity contribution < 1.29 is 9.53 Å². The molecule has 0 saturated carbocycles. The van der Waals surface area contributed by atoms with E-state index in [1.807, 2.05) is 4.90 Å². The van der Waals surface area contributed by atoms with Crippen molar-refractivity contribution in [1.82, 2.24) is 19.5 Å². The van der Waals surface area contributed by atoms with Gasteiger partial charge in [0.1, 0.15) is 6.33 Å². The molecule has 1 atom stereocenters. The van der Waals surface area contributed by atoms with Crippen LogP contribution in [-0.4, -0.2) is 51.2 Å². The molecule has 4 rings (SSSR count). The number of nitrogens with one attached hydrogen (secondary N) is 1. The van der Waals surface area contributed by atoms with Crippen molar-refractivity contribution in [3.05, 3.63) is 64.3 Å². The first-order valence-electron chi connectivity index (χ1n) is 9.29. The molecule has 10 heteroatoms. The van der Waals surface area contributed by atoms with Gasteiger partial charge in [0.25, 0.3) is 11.5 Å². The van der Waals surface area contributed by atoms with Crippen LogP contribution in [0.25, 0.3) is 11.4 Å². The number of halogens is 1. The van der Waals surface area contributed by atoms with Crippen LogP contribution in [0, 0.1) is 0 Å². The number of ether oxygens (including phenoxy) is 1. The van der Waals surface area contributed by atoms with Crippen LogP contribution in [0.1, 0.15) is 0 Å². The molecule has 1 unspecified atom stereocenters. The summed E-state index contributed by atoms with van der Waals surface area (Å²) < 4.78 is 7.10. The Labute approximate surface area is 177 Å². The number of hydrogen-bond acceptors (Lipinski definition) is 7. The molecule has 0 bridgehead atoms. The highest BCUT2D eigenvalue weighted by Gasteiger charge is 2.29. The van der Waals surface area contributed by atoms with Crippen molar-refractivity contribution in [2.24, 2.45) is 7.05 Å². The lowest BCUT2D eigenvalue weighted by molar-refractivity contribution is -0.128. The number of rotatable bonds is 4. The summed E-state index contributed by atoms with van der Waals surface area (Å²) in [5.41, 5.74) is 1.28. The van der Waals surface area contributed by atoms with Gasteiger partial charge in [-0.15, -0.1) is 0 Å². The summed E-state index contributed by atoms with van der Waals surface area (Å²) >= 11 is 6.12. The molecule has 30 heavy (non-hydrogen) atoms. The zero-order valence-corrected chi connectivity index (χ0v) is 16.9. The number of anilines is 2. The summed E-state index contributed by atoms with van der Waals surface area (Å²) in [7, 11) is 1.64. The molecule has 3 heterocycles. The summed E-state index contributed by atoms with van der Waals surface area (Å²) in [5, 5.41) is 3.23. The first-order valence-corrected chi connectivity index (χ1v) is 9.67. The lowest BCUT2D eigenvalue weighted by Gasteiger charge is -2.33. The smallest absolute Gasteiger partial charge is 0.255 e. The topological polar surface area (TPSA) is 102 Å². The minimum atomic E-state index is -0.741. The lowest BCUT2D eigenvalue weighted by atomic mass is 10.2. The molecule has 1 aromatic carbocycles. The zero-order valence-electron chi connectivity index (χ0n) is 16.2. The van der Waals surface area contributed by atoms with Crippen molar-refractivity contribution in [3.63, 3.8) is 0 Å². The van der Waals surface area contributed by atoms with Gasteiger partial charge >= 0.3 is 0 Å². The Balaban J connectivity index is 1.57. The minimum absolute atomic E-state index is 0.225. The van der Waals surface area contributed by atoms with Crippen molar-refractivity contribution in [1.29, 1.82) is 0 Å². The number of carbonyl (C=O) groups is 1. The monoisotopic (exact) mass is 426 g/mol. The first-order chi connectivity index (χ1) is 14.5. The molecule has 1 saturated heterocycles. The molecular weight excluding hydrogens is 408 g/mol. The molecule has 2 aromatic heterocycles. The molecule has 0 radical (unpaired) electrons. The van der Waals surface area contributed by atoms with Crippen LogP contribution >= 0.6 is 11.6 Å². The van der Waals surface area contributed by atoms with Crippen LogP contribution in [0.4, 0.5) is 11.6 Å². The Morgan fingerprint density at radius 1 is 1.27 bits per heavy atom. The molecular formula is C20H19ClN6O3. The van der Waals surface area contributed by atoms with Gasteiger partial charge in [0.15, 0.2) is 6.10 Å². The van der Waals surface area contributed by atoms with Gasteiger partial charge in [-0.3, -0.25) is 14.2 Å². The number of aromatic nitrogens is 4. The molecule has 0 aliphatic carbocycles. The van der Waals surface area contributed by atoms with Crippen LogP contribution < -0.4 is 15.8 Å². The van der Waals surface area contributed by atoms with Crippen molar-refractivity contribution in [2.75, 3.05) is 29.9 Å². The summed E-state index contributed by atoms with van der Waals surface area (Å²) in [6, 6.07) is 10.1. The average molecular weight is 427 g/mol. The fraction of sp³-hybridized carbons (Fsp3) is 0.250. The van der Waals surface area contributed by atoms with E-state index in [0.717, 1.165) is 0 Å². The standard InChI is InChI=1S/C20H19ClN6O3/c1-26-18(28)10-16(15-6-7-22-12-23-15)25-20(26)27-8-9-30-17(11-27)19(29)24-14-5-3-2-4-13(14)21/h2-7,10,12,17H,8-9,11H2,1H3,(H,24,29). The van der Waals surface area contributed by atoms with Gasteiger partial charge in [-0.05, 0) is 18.2 Å². The highest BCUT2D eigenvalue weighted by atomic mass is 35.5. The number of para-hydroxylation sites is 1. The third-order valence-electron chi connectivity index (χ3n) is 4.73. The van der Waals surface area contributed by atoms with E-state index in [4.69, 9.17) is 16.3 Å². The predicted molar refractivity (Wildman–Crippen MR) is 113 cm³/mol. The maximum atomic E-state index is 12.7. The minimum Gasteiger partial charge on any atom is -0.365 e. The molecule has 1 N–H and O–H groups in total. The van der Waals surface area contributed by atoms with Crippen molar-refractivity contribution >= 4 is 29.1 Å². The van der Waals surface area contributed by atoms with E-state index in [-0.39, 0.29) is 18.0 Å². The number of amides is 1. The SMILES string of the molecule is Cn1c(N2CCOC(C(=O)Nc3ccccc3Cl)C2)nc(-c2ccncn2)cc1=O. The predicted octanol–water partition coefficient (Wildman–Crippen LogP) is 1.73. The van der Waals surface area contributed by atoms with Gasteiger partial charge in [-0.1, -0.05) is 23.7 Å². The molecule has 154 valence electrons. The number of carbonyl (C=O) groups excluding carboxylic acids is 1. The van der Waals surface area contributed by atoms with E-state index in [1.165, 1.54) is 17.0 Å². The molecule has 1 fully saturated rings. The largest absolute Gasteiger partial charge is 0.365 e. The van der Waals surface area contributed by atoms with E-state index in [0.29, 0.717) is 41.2 Å². The summed E-state index contributed by atoms with van der Waals surface area (Å²) in [6.07, 6.45) is 2.25. The van der Waals surface area contributed by atoms with E-state index < -0.39 is 6.10 Å². The number of nitrogens with zero attached hydrogens (tertiary/aromatic N) is 5. The van der Waals surface area contributed by atoms with E-state index in [9.17, 15) is 9.59 Å². The molecule has 1 aliphatic rings. The summed E-state index contributed by atoms with van der Waals surface area (Å²) in [5.74, 6) is 0.125. The first kappa shape index (κ1) is 20.0. The Morgan fingerprint density at radius 3 is 2.87 bits per heavy atom. The third-order valence-corrected chi connectivity index (χ3v) is 5.06. The maximum absolute atomic E-state index is 12.7.